The van der Waals surface area contributed by atoms with E-state index in [0.29, 0.717) is 17.7 Å². The summed E-state index contributed by atoms with van der Waals surface area (Å²) in [7, 11) is 1.51. The SMILES string of the molecule is CNC(=O)OCCC(Oc1ccccc1C(C)=O)c1cccs1. The molecule has 1 aromatic carbocycles. The predicted molar refractivity (Wildman–Crippen MR) is 89.2 cm³/mol. The third-order valence-corrected chi connectivity index (χ3v) is 4.18. The summed E-state index contributed by atoms with van der Waals surface area (Å²) in [4.78, 5) is 23.9. The minimum absolute atomic E-state index is 0.0489. The topological polar surface area (TPSA) is 64.6 Å². The molecule has 6 heteroatoms. The molecule has 2 aromatic rings. The van der Waals surface area contributed by atoms with Crippen molar-refractivity contribution in [2.75, 3.05) is 13.7 Å². The number of hydrogen-bond acceptors (Lipinski definition) is 5. The number of ketones is 1. The van der Waals surface area contributed by atoms with Crippen LogP contribution in [0.3, 0.4) is 0 Å². The number of rotatable bonds is 7. The van der Waals surface area contributed by atoms with Crippen molar-refractivity contribution in [2.24, 2.45) is 0 Å². The maximum Gasteiger partial charge on any atom is 0.406 e. The molecule has 1 unspecified atom stereocenters. The van der Waals surface area contributed by atoms with Gasteiger partial charge in [-0.25, -0.2) is 4.79 Å². The lowest BCUT2D eigenvalue weighted by Crippen LogP contribution is -2.21. The van der Waals surface area contributed by atoms with E-state index in [1.165, 1.54) is 14.0 Å². The van der Waals surface area contributed by atoms with Crippen molar-refractivity contribution in [1.82, 2.24) is 5.32 Å². The molecule has 1 atom stereocenters. The summed E-state index contributed by atoms with van der Waals surface area (Å²) in [6.45, 7) is 1.74. The highest BCUT2D eigenvalue weighted by atomic mass is 32.1. The van der Waals surface area contributed by atoms with E-state index in [9.17, 15) is 9.59 Å². The van der Waals surface area contributed by atoms with Crippen molar-refractivity contribution in [3.63, 3.8) is 0 Å². The Hall–Kier alpha value is -2.34. The van der Waals surface area contributed by atoms with Gasteiger partial charge < -0.3 is 14.8 Å². The van der Waals surface area contributed by atoms with Gasteiger partial charge in [0, 0.05) is 18.3 Å². The van der Waals surface area contributed by atoms with Crippen LogP contribution < -0.4 is 10.1 Å². The molecule has 1 amide bonds. The lowest BCUT2D eigenvalue weighted by Gasteiger charge is -2.19. The van der Waals surface area contributed by atoms with Gasteiger partial charge in [-0.3, -0.25) is 4.79 Å². The zero-order valence-corrected chi connectivity index (χ0v) is 13.9. The number of carbonyl (C=O) groups excluding carboxylic acids is 2. The van der Waals surface area contributed by atoms with Gasteiger partial charge in [-0.1, -0.05) is 18.2 Å². The molecule has 122 valence electrons. The van der Waals surface area contributed by atoms with Crippen molar-refractivity contribution in [2.45, 2.75) is 19.4 Å². The Balaban J connectivity index is 2.12. The first-order valence-corrected chi connectivity index (χ1v) is 8.14. The van der Waals surface area contributed by atoms with Gasteiger partial charge in [0.1, 0.15) is 11.9 Å². The Morgan fingerprint density at radius 3 is 2.65 bits per heavy atom. The highest BCUT2D eigenvalue weighted by Crippen LogP contribution is 2.30. The van der Waals surface area contributed by atoms with Gasteiger partial charge in [-0.2, -0.15) is 0 Å². The molecule has 0 fully saturated rings. The second-order valence-electron chi connectivity index (χ2n) is 4.85. The molecular formula is C17H19NO4S. The summed E-state index contributed by atoms with van der Waals surface area (Å²) < 4.78 is 11.1. The monoisotopic (exact) mass is 333 g/mol. The van der Waals surface area contributed by atoms with E-state index in [0.717, 1.165) is 4.88 Å². The van der Waals surface area contributed by atoms with E-state index in [-0.39, 0.29) is 18.5 Å². The minimum atomic E-state index is -0.473. The lowest BCUT2D eigenvalue weighted by atomic mass is 10.1. The third-order valence-electron chi connectivity index (χ3n) is 3.21. The average molecular weight is 333 g/mol. The van der Waals surface area contributed by atoms with E-state index in [1.807, 2.05) is 23.6 Å². The van der Waals surface area contributed by atoms with Crippen molar-refractivity contribution < 1.29 is 19.1 Å². The number of benzene rings is 1. The normalized spacial score (nSPS) is 11.6. The van der Waals surface area contributed by atoms with Gasteiger partial charge in [-0.05, 0) is 30.5 Å². The molecule has 0 saturated heterocycles. The summed E-state index contributed by atoms with van der Waals surface area (Å²) in [6.07, 6.45) is -0.251. The molecule has 1 aromatic heterocycles. The van der Waals surface area contributed by atoms with Gasteiger partial charge in [0.2, 0.25) is 0 Å². The third kappa shape index (κ3) is 4.82. The molecule has 5 nitrogen and oxygen atoms in total. The van der Waals surface area contributed by atoms with Crippen LogP contribution in [0, 0.1) is 0 Å². The Morgan fingerprint density at radius 1 is 1.22 bits per heavy atom. The van der Waals surface area contributed by atoms with Crippen molar-refractivity contribution in [1.29, 1.82) is 0 Å². The van der Waals surface area contributed by atoms with Gasteiger partial charge in [0.25, 0.3) is 0 Å². The number of Topliss-reactive ketones (excluding diaryl/α,β-unsaturated/α-hetero) is 1. The minimum Gasteiger partial charge on any atom is -0.484 e. The highest BCUT2D eigenvalue weighted by molar-refractivity contribution is 7.10. The first kappa shape index (κ1) is 17.0. The quantitative estimate of drug-likeness (QED) is 0.782. The molecule has 1 N–H and O–H groups in total. The van der Waals surface area contributed by atoms with Crippen molar-refractivity contribution in [3.8, 4) is 5.75 Å². The molecule has 2 rings (SSSR count). The number of para-hydroxylation sites is 1. The van der Waals surface area contributed by atoms with E-state index >= 15 is 0 Å². The van der Waals surface area contributed by atoms with Crippen LogP contribution >= 0.6 is 11.3 Å². The molecule has 0 aliphatic rings. The van der Waals surface area contributed by atoms with Crippen LogP contribution in [0.15, 0.2) is 41.8 Å². The fourth-order valence-corrected chi connectivity index (χ4v) is 2.87. The second kappa shape index (κ2) is 8.33. The summed E-state index contributed by atoms with van der Waals surface area (Å²) in [5, 5.41) is 4.36. The van der Waals surface area contributed by atoms with Gasteiger partial charge >= 0.3 is 6.09 Å². The first-order valence-electron chi connectivity index (χ1n) is 7.26. The van der Waals surface area contributed by atoms with Crippen LogP contribution in [0.2, 0.25) is 0 Å². The zero-order valence-electron chi connectivity index (χ0n) is 13.1. The average Bonchev–Trinajstić information content (AvgIpc) is 3.08. The maximum atomic E-state index is 11.7. The Kier molecular flexibility index (Phi) is 6.17. The summed E-state index contributed by atoms with van der Waals surface area (Å²) in [5.41, 5.74) is 0.543. The van der Waals surface area contributed by atoms with Gasteiger partial charge in [0.05, 0.1) is 12.2 Å². The van der Waals surface area contributed by atoms with E-state index in [1.54, 1.807) is 29.5 Å². The molecule has 0 spiro atoms. The number of carbonyl (C=O) groups is 2. The molecule has 0 radical (unpaired) electrons. The Morgan fingerprint density at radius 2 is 2.00 bits per heavy atom. The molecule has 1 heterocycles. The number of hydrogen-bond donors (Lipinski definition) is 1. The largest absolute Gasteiger partial charge is 0.484 e. The fourth-order valence-electron chi connectivity index (χ4n) is 2.08. The van der Waals surface area contributed by atoms with Gasteiger partial charge in [0.15, 0.2) is 5.78 Å². The van der Waals surface area contributed by atoms with Crippen LogP contribution in [-0.2, 0) is 4.74 Å². The fraction of sp³-hybridized carbons (Fsp3) is 0.294. The van der Waals surface area contributed by atoms with Crippen molar-refractivity contribution in [3.05, 3.63) is 52.2 Å². The maximum absolute atomic E-state index is 11.7. The van der Waals surface area contributed by atoms with Crippen LogP contribution in [-0.4, -0.2) is 25.5 Å². The van der Waals surface area contributed by atoms with Crippen molar-refractivity contribution >= 4 is 23.2 Å². The number of ether oxygens (including phenoxy) is 2. The molecule has 0 bridgehead atoms. The number of thiophene rings is 1. The van der Waals surface area contributed by atoms with Crippen LogP contribution in [0.4, 0.5) is 4.79 Å². The smallest absolute Gasteiger partial charge is 0.406 e. The van der Waals surface area contributed by atoms with Crippen LogP contribution in [0.1, 0.15) is 34.7 Å². The Bertz CT molecular complexity index is 654. The summed E-state index contributed by atoms with van der Waals surface area (Å²) >= 11 is 1.56. The van der Waals surface area contributed by atoms with E-state index in [2.05, 4.69) is 5.32 Å². The highest BCUT2D eigenvalue weighted by Gasteiger charge is 2.18. The standard InChI is InChI=1S/C17H19NO4S/c1-12(19)13-6-3-4-7-14(13)22-15(16-8-5-11-23-16)9-10-21-17(20)18-2/h3-8,11,15H,9-10H2,1-2H3,(H,18,20). The summed E-state index contributed by atoms with van der Waals surface area (Å²) in [6, 6.07) is 11.0. The van der Waals surface area contributed by atoms with Crippen LogP contribution in [0.5, 0.6) is 5.75 Å². The Labute approximate surface area is 139 Å². The zero-order chi connectivity index (χ0) is 16.7. The lowest BCUT2D eigenvalue weighted by molar-refractivity contribution is 0.0999. The summed E-state index contributed by atoms with van der Waals surface area (Å²) in [5.74, 6) is 0.491. The molecule has 23 heavy (non-hydrogen) atoms. The van der Waals surface area contributed by atoms with E-state index < -0.39 is 6.09 Å². The number of alkyl carbamates (subject to hydrolysis) is 1. The number of nitrogens with one attached hydrogen (secondary N) is 1. The van der Waals surface area contributed by atoms with Crippen LogP contribution in [0.25, 0.3) is 0 Å². The predicted octanol–water partition coefficient (Wildman–Crippen LogP) is 3.82. The second-order valence-corrected chi connectivity index (χ2v) is 5.83. The molecule has 0 aliphatic carbocycles. The number of amides is 1. The molecule has 0 aliphatic heterocycles. The first-order chi connectivity index (χ1) is 11.1. The molecule has 0 saturated carbocycles. The van der Waals surface area contributed by atoms with E-state index in [4.69, 9.17) is 9.47 Å². The molecular weight excluding hydrogens is 314 g/mol. The van der Waals surface area contributed by atoms with Gasteiger partial charge in [-0.15, -0.1) is 11.3 Å².